The smallest absolute Gasteiger partial charge is 0.373 e. The van der Waals surface area contributed by atoms with Gasteiger partial charge in [-0.1, -0.05) is 6.92 Å². The van der Waals surface area contributed by atoms with E-state index in [4.69, 9.17) is 0 Å². The minimum atomic E-state index is -0.380. The van der Waals surface area contributed by atoms with Crippen molar-refractivity contribution in [2.24, 2.45) is 5.90 Å². The predicted octanol–water partition coefficient (Wildman–Crippen LogP) is -6.18. The number of hydrogen-bond acceptors (Lipinski definition) is 3. The molecule has 0 aromatic carbocycles. The third-order valence-corrected chi connectivity index (χ3v) is 0.420. The van der Waals surface area contributed by atoms with Crippen molar-refractivity contribution < 1.29 is 68.7 Å². The molecule has 0 amide bonds. The number of carbonyl (C=O) groups is 1. The van der Waals surface area contributed by atoms with Gasteiger partial charge < -0.3 is 4.84 Å². The van der Waals surface area contributed by atoms with Crippen molar-refractivity contribution in [3.8, 4) is 0 Å². The Hall–Kier alpha value is 1.43. The minimum absolute atomic E-state index is 0. The first-order chi connectivity index (χ1) is 2.81. The molecule has 2 N–H and O–H groups in total. The summed E-state index contributed by atoms with van der Waals surface area (Å²) in [6.07, 6.45) is 0.344. The Morgan fingerprint density at radius 2 is 2.00 bits per heavy atom. The van der Waals surface area contributed by atoms with Gasteiger partial charge in [-0.25, -0.2) is 0 Å². The van der Waals surface area contributed by atoms with E-state index in [1.807, 2.05) is 0 Å². The average molecular weight is 135 g/mol. The summed E-state index contributed by atoms with van der Waals surface area (Å²) in [4.78, 5) is 13.6. The van der Waals surface area contributed by atoms with E-state index in [0.717, 1.165) is 0 Å². The fourth-order valence-corrected chi connectivity index (χ4v) is 0.0833. The van der Waals surface area contributed by atoms with E-state index >= 15 is 0 Å². The predicted molar refractivity (Wildman–Crippen MR) is 20.6 cm³/mol. The van der Waals surface area contributed by atoms with Gasteiger partial charge in [0.25, 0.3) is 0 Å². The molecule has 0 aliphatic heterocycles. The van der Waals surface area contributed by atoms with E-state index in [9.17, 15) is 4.79 Å². The topological polar surface area (TPSA) is 52.3 Å². The van der Waals surface area contributed by atoms with Gasteiger partial charge in [0.05, 0.1) is 0 Å². The van der Waals surface area contributed by atoms with E-state index in [-0.39, 0.29) is 65.1 Å². The molecule has 3 nitrogen and oxygen atoms in total. The van der Waals surface area contributed by atoms with Crippen LogP contribution >= 0.6 is 0 Å². The standard InChI is InChI=1S/C3H7NO2.2Na/c1-2-3(5)6-4;;/h2,4H2,1H3;;/q;2*+1. The summed E-state index contributed by atoms with van der Waals surface area (Å²) < 4.78 is 0. The summed E-state index contributed by atoms with van der Waals surface area (Å²) in [7, 11) is 0. The first kappa shape index (κ1) is 16.2. The van der Waals surface area contributed by atoms with Gasteiger partial charge in [-0.15, -0.1) is 0 Å². The van der Waals surface area contributed by atoms with Crippen LogP contribution in [0.2, 0.25) is 0 Å². The fraction of sp³-hybridized carbons (Fsp3) is 0.667. The monoisotopic (exact) mass is 135 g/mol. The quantitative estimate of drug-likeness (QED) is 0.287. The van der Waals surface area contributed by atoms with E-state index < -0.39 is 0 Å². The number of carbonyl (C=O) groups excluding carboxylic acids is 1. The normalized spacial score (nSPS) is 5.75. The molecule has 0 atom stereocenters. The molecule has 0 spiro atoms. The Morgan fingerprint density at radius 1 is 1.62 bits per heavy atom. The van der Waals surface area contributed by atoms with Crippen LogP contribution < -0.4 is 65.0 Å². The molecule has 8 heavy (non-hydrogen) atoms. The van der Waals surface area contributed by atoms with E-state index in [2.05, 4.69) is 10.7 Å². The maximum atomic E-state index is 9.83. The first-order valence-electron chi connectivity index (χ1n) is 1.70. The Labute approximate surface area is 92.9 Å². The van der Waals surface area contributed by atoms with Gasteiger partial charge in [0, 0.05) is 6.42 Å². The molecule has 0 unspecified atom stereocenters. The zero-order valence-corrected chi connectivity index (χ0v) is 9.60. The zero-order valence-electron chi connectivity index (χ0n) is 5.60. The molecule has 0 aromatic heterocycles. The maximum Gasteiger partial charge on any atom is 1.00 e. The van der Waals surface area contributed by atoms with Crippen LogP contribution in [0.5, 0.6) is 0 Å². The molecule has 0 saturated heterocycles. The van der Waals surface area contributed by atoms with Crippen LogP contribution in [0.1, 0.15) is 13.3 Å². The summed E-state index contributed by atoms with van der Waals surface area (Å²) in [5, 5.41) is 0. The van der Waals surface area contributed by atoms with Crippen molar-refractivity contribution in [2.75, 3.05) is 0 Å². The van der Waals surface area contributed by atoms with Gasteiger partial charge in [-0.3, -0.25) is 4.79 Å². The molecule has 0 rings (SSSR count). The molecule has 0 saturated carbocycles. The van der Waals surface area contributed by atoms with Crippen LogP contribution in [0.15, 0.2) is 0 Å². The van der Waals surface area contributed by atoms with Crippen LogP contribution in [-0.2, 0) is 9.63 Å². The Bertz CT molecular complexity index is 53.2. The van der Waals surface area contributed by atoms with E-state index in [1.54, 1.807) is 6.92 Å². The van der Waals surface area contributed by atoms with Gasteiger partial charge in [-0.05, 0) is 0 Å². The molecule has 5 heteroatoms. The van der Waals surface area contributed by atoms with Crippen LogP contribution in [0.4, 0.5) is 0 Å². The van der Waals surface area contributed by atoms with Crippen LogP contribution in [-0.4, -0.2) is 5.97 Å². The summed E-state index contributed by atoms with van der Waals surface area (Å²) in [6.45, 7) is 1.68. The van der Waals surface area contributed by atoms with Crippen molar-refractivity contribution in [2.45, 2.75) is 13.3 Å². The SMILES string of the molecule is CCC(=O)ON.[Na+].[Na+]. The zero-order chi connectivity index (χ0) is 4.99. The molecule has 0 aliphatic rings. The second kappa shape index (κ2) is 11.3. The van der Waals surface area contributed by atoms with Gasteiger partial charge in [0.1, 0.15) is 0 Å². The third-order valence-electron chi connectivity index (χ3n) is 0.420. The average Bonchev–Trinajstić information content (AvgIpc) is 1.65. The van der Waals surface area contributed by atoms with Crippen LogP contribution in [0, 0.1) is 0 Å². The molecule has 0 aliphatic carbocycles. The molecular formula is C3H7NNa2O2+2. The molecule has 0 bridgehead atoms. The molecule has 0 radical (unpaired) electrons. The van der Waals surface area contributed by atoms with Crippen molar-refractivity contribution in [1.82, 2.24) is 0 Å². The summed E-state index contributed by atoms with van der Waals surface area (Å²) in [5.74, 6) is 4.05. The Morgan fingerprint density at radius 3 is 2.00 bits per heavy atom. The molecule has 36 valence electrons. The molecule has 0 aromatic rings. The van der Waals surface area contributed by atoms with Crippen molar-refractivity contribution in [1.29, 1.82) is 0 Å². The van der Waals surface area contributed by atoms with E-state index in [0.29, 0.717) is 6.42 Å². The van der Waals surface area contributed by atoms with Gasteiger partial charge in [0.2, 0.25) is 0 Å². The third kappa shape index (κ3) is 10.4. The summed E-state index contributed by atoms with van der Waals surface area (Å²) in [5.41, 5.74) is 0. The minimum Gasteiger partial charge on any atom is -0.373 e. The summed E-state index contributed by atoms with van der Waals surface area (Å²) >= 11 is 0. The first-order valence-corrected chi connectivity index (χ1v) is 1.70. The number of hydrogen-bond donors (Lipinski definition) is 1. The van der Waals surface area contributed by atoms with Crippen molar-refractivity contribution >= 4 is 5.97 Å². The van der Waals surface area contributed by atoms with Crippen LogP contribution in [0.25, 0.3) is 0 Å². The Kier molecular flexibility index (Phi) is 22.8. The van der Waals surface area contributed by atoms with Gasteiger partial charge >= 0.3 is 65.1 Å². The Balaban J connectivity index is -0.000000125. The van der Waals surface area contributed by atoms with Crippen molar-refractivity contribution in [3.63, 3.8) is 0 Å². The fourth-order valence-electron chi connectivity index (χ4n) is 0.0833. The summed E-state index contributed by atoms with van der Waals surface area (Å²) in [6, 6.07) is 0. The number of nitrogens with two attached hydrogens (primary N) is 1. The second-order valence-corrected chi connectivity index (χ2v) is 0.843. The number of rotatable bonds is 1. The van der Waals surface area contributed by atoms with Crippen molar-refractivity contribution in [3.05, 3.63) is 0 Å². The second-order valence-electron chi connectivity index (χ2n) is 0.843. The van der Waals surface area contributed by atoms with Gasteiger partial charge in [0.15, 0.2) is 0 Å². The largest absolute Gasteiger partial charge is 1.00 e. The van der Waals surface area contributed by atoms with Gasteiger partial charge in [-0.2, -0.15) is 5.90 Å². The van der Waals surface area contributed by atoms with Crippen LogP contribution in [0.3, 0.4) is 0 Å². The molecule has 0 fully saturated rings. The van der Waals surface area contributed by atoms with E-state index in [1.165, 1.54) is 0 Å². The molecule has 0 heterocycles. The maximum absolute atomic E-state index is 9.83. The molecular weight excluding hydrogens is 128 g/mol.